The van der Waals surface area contributed by atoms with Gasteiger partial charge in [0, 0.05) is 11.3 Å². The van der Waals surface area contributed by atoms with Crippen molar-refractivity contribution in [3.8, 4) is 0 Å². The molecule has 2 rings (SSSR count). The topological polar surface area (TPSA) is 33.5 Å². The Bertz CT molecular complexity index is 566. The van der Waals surface area contributed by atoms with E-state index in [4.69, 9.17) is 0 Å². The number of hydrogen-bond donors (Lipinski definition) is 2. The van der Waals surface area contributed by atoms with Crippen LogP contribution in [0.2, 0.25) is 0 Å². The summed E-state index contributed by atoms with van der Waals surface area (Å²) in [6.07, 6.45) is 0. The third-order valence-electron chi connectivity index (χ3n) is 3.23. The second kappa shape index (κ2) is 6.87. The summed E-state index contributed by atoms with van der Waals surface area (Å²) in [5.41, 5.74) is 3.22. The molecule has 0 aromatic heterocycles. The zero-order chi connectivity index (χ0) is 14.4. The van der Waals surface area contributed by atoms with Gasteiger partial charge in [0.2, 0.25) is 0 Å². The molecule has 3 heteroatoms. The van der Waals surface area contributed by atoms with Crippen molar-refractivity contribution in [3.63, 3.8) is 0 Å². The summed E-state index contributed by atoms with van der Waals surface area (Å²) in [6, 6.07) is 18.1. The summed E-state index contributed by atoms with van der Waals surface area (Å²) in [4.78, 5) is 13.2. The lowest BCUT2D eigenvalue weighted by Gasteiger charge is -2.14. The Morgan fingerprint density at radius 3 is 2.40 bits per heavy atom. The standard InChI is InChI=1S/C17H20N2O/c1-14-8-6-7-11-16(14)18-17(20)13-19(2)12-15-9-4-3-5-10-15/h3-11H,12-13H2,1-2H3,(H,18,20)/p+1. The van der Waals surface area contributed by atoms with Crippen LogP contribution in [0.25, 0.3) is 0 Å². The van der Waals surface area contributed by atoms with Crippen LogP contribution in [-0.4, -0.2) is 19.5 Å². The Hall–Kier alpha value is -2.13. The lowest BCUT2D eigenvalue weighted by molar-refractivity contribution is -0.885. The molecule has 0 radical (unpaired) electrons. The first-order chi connectivity index (χ1) is 9.65. The van der Waals surface area contributed by atoms with Gasteiger partial charge in [0.05, 0.1) is 7.05 Å². The smallest absolute Gasteiger partial charge is 0.279 e. The first-order valence-electron chi connectivity index (χ1n) is 6.86. The van der Waals surface area contributed by atoms with E-state index < -0.39 is 0 Å². The van der Waals surface area contributed by atoms with Crippen molar-refractivity contribution in [2.24, 2.45) is 0 Å². The molecule has 1 unspecified atom stereocenters. The van der Waals surface area contributed by atoms with Gasteiger partial charge in [-0.25, -0.2) is 0 Å². The van der Waals surface area contributed by atoms with E-state index in [2.05, 4.69) is 17.4 Å². The average Bonchev–Trinajstić information content (AvgIpc) is 2.42. The molecule has 20 heavy (non-hydrogen) atoms. The van der Waals surface area contributed by atoms with E-state index in [1.807, 2.05) is 56.4 Å². The second-order valence-corrected chi connectivity index (χ2v) is 5.16. The molecule has 1 atom stereocenters. The van der Waals surface area contributed by atoms with Crippen LogP contribution in [0.5, 0.6) is 0 Å². The molecule has 0 aliphatic carbocycles. The number of benzene rings is 2. The molecule has 0 saturated carbocycles. The summed E-state index contributed by atoms with van der Waals surface area (Å²) in [5.74, 6) is 0.0488. The summed E-state index contributed by atoms with van der Waals surface area (Å²) >= 11 is 0. The largest absolute Gasteiger partial charge is 0.326 e. The molecule has 0 spiro atoms. The minimum atomic E-state index is 0.0488. The van der Waals surface area contributed by atoms with Crippen molar-refractivity contribution in [2.75, 3.05) is 18.9 Å². The van der Waals surface area contributed by atoms with E-state index in [9.17, 15) is 4.79 Å². The molecule has 2 aromatic carbocycles. The van der Waals surface area contributed by atoms with Crippen molar-refractivity contribution < 1.29 is 9.69 Å². The Morgan fingerprint density at radius 1 is 1.05 bits per heavy atom. The van der Waals surface area contributed by atoms with Crippen LogP contribution in [0.4, 0.5) is 5.69 Å². The highest BCUT2D eigenvalue weighted by Gasteiger charge is 2.11. The second-order valence-electron chi connectivity index (χ2n) is 5.16. The summed E-state index contributed by atoms with van der Waals surface area (Å²) in [5, 5.41) is 2.97. The molecular formula is C17H21N2O+. The number of rotatable bonds is 5. The Morgan fingerprint density at radius 2 is 1.70 bits per heavy atom. The van der Waals surface area contributed by atoms with Gasteiger partial charge in [-0.15, -0.1) is 0 Å². The molecule has 0 aliphatic heterocycles. The predicted octanol–water partition coefficient (Wildman–Crippen LogP) is 1.65. The minimum absolute atomic E-state index is 0.0488. The molecule has 0 aliphatic rings. The first kappa shape index (κ1) is 14.3. The van der Waals surface area contributed by atoms with Crippen LogP contribution in [0, 0.1) is 6.92 Å². The monoisotopic (exact) mass is 269 g/mol. The SMILES string of the molecule is Cc1ccccc1NC(=O)C[NH+](C)Cc1ccccc1. The molecule has 2 N–H and O–H groups in total. The molecule has 0 saturated heterocycles. The summed E-state index contributed by atoms with van der Waals surface area (Å²) < 4.78 is 0. The van der Waals surface area contributed by atoms with Gasteiger partial charge in [0.15, 0.2) is 6.54 Å². The average molecular weight is 269 g/mol. The van der Waals surface area contributed by atoms with Crippen LogP contribution in [0.1, 0.15) is 11.1 Å². The maximum absolute atomic E-state index is 12.0. The van der Waals surface area contributed by atoms with Gasteiger partial charge in [0.25, 0.3) is 5.91 Å². The fraction of sp³-hybridized carbons (Fsp3) is 0.235. The first-order valence-corrected chi connectivity index (χ1v) is 6.86. The quantitative estimate of drug-likeness (QED) is 0.850. The number of nitrogens with one attached hydrogen (secondary N) is 2. The predicted molar refractivity (Wildman–Crippen MR) is 81.7 cm³/mol. The summed E-state index contributed by atoms with van der Waals surface area (Å²) in [6.45, 7) is 3.31. The molecule has 3 nitrogen and oxygen atoms in total. The summed E-state index contributed by atoms with van der Waals surface area (Å²) in [7, 11) is 2.03. The Balaban J connectivity index is 1.87. The number of carbonyl (C=O) groups is 1. The van der Waals surface area contributed by atoms with Gasteiger partial charge in [-0.3, -0.25) is 4.79 Å². The lowest BCUT2D eigenvalue weighted by Crippen LogP contribution is -3.08. The van der Waals surface area contributed by atoms with E-state index >= 15 is 0 Å². The number of hydrogen-bond acceptors (Lipinski definition) is 1. The number of para-hydroxylation sites is 1. The van der Waals surface area contributed by atoms with E-state index in [0.717, 1.165) is 17.8 Å². The molecule has 0 heterocycles. The fourth-order valence-corrected chi connectivity index (χ4v) is 2.19. The Kier molecular flexibility index (Phi) is 4.91. The van der Waals surface area contributed by atoms with Crippen molar-refractivity contribution in [3.05, 3.63) is 65.7 Å². The number of quaternary nitrogens is 1. The van der Waals surface area contributed by atoms with Gasteiger partial charge in [-0.2, -0.15) is 0 Å². The number of carbonyl (C=O) groups excluding carboxylic acids is 1. The zero-order valence-electron chi connectivity index (χ0n) is 12.0. The molecule has 0 fully saturated rings. The number of likely N-dealkylation sites (N-methyl/N-ethyl adjacent to an activating group) is 1. The molecule has 104 valence electrons. The maximum atomic E-state index is 12.0. The van der Waals surface area contributed by atoms with E-state index in [1.165, 1.54) is 10.5 Å². The number of aryl methyl sites for hydroxylation is 1. The van der Waals surface area contributed by atoms with Crippen molar-refractivity contribution >= 4 is 11.6 Å². The minimum Gasteiger partial charge on any atom is -0.326 e. The van der Waals surface area contributed by atoms with Crippen LogP contribution in [0.15, 0.2) is 54.6 Å². The molecule has 0 bridgehead atoms. The highest BCUT2D eigenvalue weighted by molar-refractivity contribution is 5.92. The van der Waals surface area contributed by atoms with Crippen molar-refractivity contribution in [2.45, 2.75) is 13.5 Å². The van der Waals surface area contributed by atoms with E-state index in [-0.39, 0.29) is 5.91 Å². The zero-order valence-corrected chi connectivity index (χ0v) is 12.0. The van der Waals surface area contributed by atoms with Crippen LogP contribution < -0.4 is 10.2 Å². The molecular weight excluding hydrogens is 248 g/mol. The highest BCUT2D eigenvalue weighted by atomic mass is 16.2. The van der Waals surface area contributed by atoms with Crippen LogP contribution >= 0.6 is 0 Å². The molecule has 2 aromatic rings. The number of anilines is 1. The van der Waals surface area contributed by atoms with E-state index in [0.29, 0.717) is 6.54 Å². The third kappa shape index (κ3) is 4.21. The molecule has 1 amide bonds. The van der Waals surface area contributed by atoms with Gasteiger partial charge < -0.3 is 10.2 Å². The fourth-order valence-electron chi connectivity index (χ4n) is 2.19. The maximum Gasteiger partial charge on any atom is 0.279 e. The van der Waals surface area contributed by atoms with Crippen LogP contribution in [-0.2, 0) is 11.3 Å². The van der Waals surface area contributed by atoms with Crippen molar-refractivity contribution in [1.29, 1.82) is 0 Å². The Labute approximate surface area is 120 Å². The van der Waals surface area contributed by atoms with Gasteiger partial charge >= 0.3 is 0 Å². The van der Waals surface area contributed by atoms with Gasteiger partial charge in [0.1, 0.15) is 6.54 Å². The normalized spacial score (nSPS) is 11.9. The lowest BCUT2D eigenvalue weighted by atomic mass is 10.2. The number of amides is 1. The van der Waals surface area contributed by atoms with Gasteiger partial charge in [-0.05, 0) is 18.6 Å². The van der Waals surface area contributed by atoms with Crippen molar-refractivity contribution in [1.82, 2.24) is 0 Å². The highest BCUT2D eigenvalue weighted by Crippen LogP contribution is 2.12. The van der Waals surface area contributed by atoms with Gasteiger partial charge in [-0.1, -0.05) is 48.5 Å². The van der Waals surface area contributed by atoms with E-state index in [1.54, 1.807) is 0 Å². The van der Waals surface area contributed by atoms with Crippen LogP contribution in [0.3, 0.4) is 0 Å². The third-order valence-corrected chi connectivity index (χ3v) is 3.23.